The van der Waals surface area contributed by atoms with E-state index in [1.807, 2.05) is 47.4 Å². The summed E-state index contributed by atoms with van der Waals surface area (Å²) in [6, 6.07) is 14.6. The summed E-state index contributed by atoms with van der Waals surface area (Å²) >= 11 is 9.45. The van der Waals surface area contributed by atoms with E-state index in [0.29, 0.717) is 55.4 Å². The maximum Gasteiger partial charge on any atom is 0.253 e. The van der Waals surface area contributed by atoms with E-state index in [4.69, 9.17) is 16.3 Å². The summed E-state index contributed by atoms with van der Waals surface area (Å²) in [4.78, 5) is 28.9. The number of piperidine rings is 1. The number of hydrogen-bond donors (Lipinski definition) is 0. The van der Waals surface area contributed by atoms with Gasteiger partial charge in [-0.2, -0.15) is 0 Å². The number of amides is 2. The molecule has 0 aliphatic carbocycles. The third-order valence-corrected chi connectivity index (χ3v) is 5.96. The second kappa shape index (κ2) is 10.1. The first-order valence-corrected chi connectivity index (χ1v) is 10.8. The van der Waals surface area contributed by atoms with Gasteiger partial charge in [0, 0.05) is 36.1 Å². The van der Waals surface area contributed by atoms with Crippen LogP contribution in [0, 0.1) is 5.92 Å². The molecule has 154 valence electrons. The molecule has 1 aliphatic rings. The zero-order valence-electron chi connectivity index (χ0n) is 16.3. The van der Waals surface area contributed by atoms with Crippen molar-refractivity contribution in [3.8, 4) is 5.75 Å². The standard InChI is InChI=1S/C22H24BrClN2O3/c1-25(14-15-29-20-5-3-2-4-19(20)24)21(27)17-10-12-26(13-11-17)22(28)16-6-8-18(23)9-7-16/h2-9,17H,10-15H2,1H3. The number of hydrogen-bond acceptors (Lipinski definition) is 3. The molecule has 0 unspecified atom stereocenters. The minimum Gasteiger partial charge on any atom is -0.490 e. The molecule has 2 aromatic rings. The Morgan fingerprint density at radius 1 is 1.14 bits per heavy atom. The molecule has 1 heterocycles. The Labute approximate surface area is 184 Å². The van der Waals surface area contributed by atoms with Crippen molar-refractivity contribution in [3.63, 3.8) is 0 Å². The smallest absolute Gasteiger partial charge is 0.253 e. The summed E-state index contributed by atoms with van der Waals surface area (Å²) in [5.41, 5.74) is 0.673. The van der Waals surface area contributed by atoms with E-state index in [9.17, 15) is 9.59 Å². The largest absolute Gasteiger partial charge is 0.490 e. The van der Waals surface area contributed by atoms with Crippen molar-refractivity contribution in [1.82, 2.24) is 9.80 Å². The number of ether oxygens (including phenoxy) is 1. The summed E-state index contributed by atoms with van der Waals surface area (Å²) < 4.78 is 6.61. The highest BCUT2D eigenvalue weighted by Crippen LogP contribution is 2.24. The van der Waals surface area contributed by atoms with E-state index in [1.54, 1.807) is 18.0 Å². The first-order valence-electron chi connectivity index (χ1n) is 9.63. The summed E-state index contributed by atoms with van der Waals surface area (Å²) in [5.74, 6) is 0.678. The van der Waals surface area contributed by atoms with E-state index in [1.165, 1.54) is 0 Å². The minimum absolute atomic E-state index is 0.0184. The number of nitrogens with zero attached hydrogens (tertiary/aromatic N) is 2. The number of likely N-dealkylation sites (tertiary alicyclic amines) is 1. The fourth-order valence-electron chi connectivity index (χ4n) is 3.38. The molecule has 0 atom stereocenters. The number of rotatable bonds is 6. The Bertz CT molecular complexity index is 851. The highest BCUT2D eigenvalue weighted by atomic mass is 79.9. The van der Waals surface area contributed by atoms with Crippen LogP contribution in [0.1, 0.15) is 23.2 Å². The topological polar surface area (TPSA) is 49.9 Å². The lowest BCUT2D eigenvalue weighted by Gasteiger charge is -2.33. The van der Waals surface area contributed by atoms with Gasteiger partial charge in [0.1, 0.15) is 12.4 Å². The lowest BCUT2D eigenvalue weighted by Crippen LogP contribution is -2.44. The number of carbonyl (C=O) groups is 2. The first-order chi connectivity index (χ1) is 14.0. The molecule has 0 radical (unpaired) electrons. The van der Waals surface area contributed by atoms with Crippen molar-refractivity contribution < 1.29 is 14.3 Å². The van der Waals surface area contributed by atoms with Crippen LogP contribution in [0.4, 0.5) is 0 Å². The summed E-state index contributed by atoms with van der Waals surface area (Å²) in [5, 5.41) is 0.560. The van der Waals surface area contributed by atoms with Gasteiger partial charge in [0.25, 0.3) is 5.91 Å². The van der Waals surface area contributed by atoms with Crippen LogP contribution in [0.2, 0.25) is 5.02 Å². The zero-order valence-corrected chi connectivity index (χ0v) is 18.7. The van der Waals surface area contributed by atoms with Gasteiger partial charge in [-0.25, -0.2) is 0 Å². The number of para-hydroxylation sites is 1. The van der Waals surface area contributed by atoms with Gasteiger partial charge in [-0.1, -0.05) is 39.7 Å². The average molecular weight is 480 g/mol. The molecular weight excluding hydrogens is 456 g/mol. The van der Waals surface area contributed by atoms with Crippen LogP contribution < -0.4 is 4.74 Å². The average Bonchev–Trinajstić information content (AvgIpc) is 2.74. The molecule has 0 bridgehead atoms. The molecule has 1 aliphatic heterocycles. The molecule has 0 aromatic heterocycles. The highest BCUT2D eigenvalue weighted by Gasteiger charge is 2.29. The van der Waals surface area contributed by atoms with Gasteiger partial charge >= 0.3 is 0 Å². The second-order valence-electron chi connectivity index (χ2n) is 7.11. The van der Waals surface area contributed by atoms with Crippen LogP contribution >= 0.6 is 27.5 Å². The van der Waals surface area contributed by atoms with E-state index >= 15 is 0 Å². The molecule has 29 heavy (non-hydrogen) atoms. The van der Waals surface area contributed by atoms with Gasteiger partial charge in [-0.15, -0.1) is 0 Å². The Morgan fingerprint density at radius 2 is 1.79 bits per heavy atom. The molecule has 2 aromatic carbocycles. The Hall–Kier alpha value is -2.05. The maximum absolute atomic E-state index is 12.7. The highest BCUT2D eigenvalue weighted by molar-refractivity contribution is 9.10. The maximum atomic E-state index is 12.7. The molecule has 1 saturated heterocycles. The van der Waals surface area contributed by atoms with Crippen molar-refractivity contribution in [2.45, 2.75) is 12.8 Å². The Kier molecular flexibility index (Phi) is 7.56. The number of carbonyl (C=O) groups excluding carboxylic acids is 2. The third kappa shape index (κ3) is 5.73. The van der Waals surface area contributed by atoms with Crippen LogP contribution in [0.15, 0.2) is 53.0 Å². The molecule has 3 rings (SSSR count). The van der Waals surface area contributed by atoms with Crippen LogP contribution in [0.3, 0.4) is 0 Å². The second-order valence-corrected chi connectivity index (χ2v) is 8.43. The van der Waals surface area contributed by atoms with Gasteiger partial charge in [-0.05, 0) is 49.2 Å². The monoisotopic (exact) mass is 478 g/mol. The molecule has 0 saturated carbocycles. The van der Waals surface area contributed by atoms with Crippen molar-refractivity contribution in [2.24, 2.45) is 5.92 Å². The van der Waals surface area contributed by atoms with E-state index in [0.717, 1.165) is 4.47 Å². The van der Waals surface area contributed by atoms with Crippen LogP contribution in [0.5, 0.6) is 5.75 Å². The Morgan fingerprint density at radius 3 is 2.45 bits per heavy atom. The van der Waals surface area contributed by atoms with E-state index in [-0.39, 0.29) is 17.7 Å². The lowest BCUT2D eigenvalue weighted by atomic mass is 9.95. The predicted octanol–water partition coefficient (Wildman–Crippen LogP) is 4.49. The van der Waals surface area contributed by atoms with Gasteiger partial charge in [0.2, 0.25) is 5.91 Å². The summed E-state index contributed by atoms with van der Waals surface area (Å²) in [7, 11) is 1.79. The third-order valence-electron chi connectivity index (χ3n) is 5.12. The van der Waals surface area contributed by atoms with Crippen molar-refractivity contribution in [3.05, 3.63) is 63.6 Å². The van der Waals surface area contributed by atoms with Crippen molar-refractivity contribution >= 4 is 39.3 Å². The van der Waals surface area contributed by atoms with Gasteiger partial charge < -0.3 is 14.5 Å². The van der Waals surface area contributed by atoms with Gasteiger partial charge in [-0.3, -0.25) is 9.59 Å². The SMILES string of the molecule is CN(CCOc1ccccc1Cl)C(=O)C1CCN(C(=O)c2ccc(Br)cc2)CC1. The van der Waals surface area contributed by atoms with Gasteiger partial charge in [0.05, 0.1) is 11.6 Å². The molecule has 2 amide bonds. The normalized spacial score (nSPS) is 14.5. The fourth-order valence-corrected chi connectivity index (χ4v) is 3.84. The lowest BCUT2D eigenvalue weighted by molar-refractivity contribution is -0.135. The van der Waals surface area contributed by atoms with Gasteiger partial charge in [0.15, 0.2) is 0 Å². The molecule has 0 spiro atoms. The fraction of sp³-hybridized carbons (Fsp3) is 0.364. The first kappa shape index (κ1) is 21.7. The quantitative estimate of drug-likeness (QED) is 0.613. The Balaban J connectivity index is 1.44. The number of halogens is 2. The van der Waals surface area contributed by atoms with Crippen LogP contribution in [-0.2, 0) is 4.79 Å². The van der Waals surface area contributed by atoms with Crippen molar-refractivity contribution in [2.75, 3.05) is 33.3 Å². The zero-order chi connectivity index (χ0) is 20.8. The molecule has 1 fully saturated rings. The number of likely N-dealkylation sites (N-methyl/N-ethyl adjacent to an activating group) is 1. The van der Waals surface area contributed by atoms with Crippen LogP contribution in [-0.4, -0.2) is 54.9 Å². The summed E-state index contributed by atoms with van der Waals surface area (Å²) in [6.45, 7) is 2.06. The summed E-state index contributed by atoms with van der Waals surface area (Å²) in [6.07, 6.45) is 1.35. The minimum atomic E-state index is -0.0609. The van der Waals surface area contributed by atoms with E-state index in [2.05, 4.69) is 15.9 Å². The van der Waals surface area contributed by atoms with Crippen molar-refractivity contribution in [1.29, 1.82) is 0 Å². The number of benzene rings is 2. The molecular formula is C22H24BrClN2O3. The van der Waals surface area contributed by atoms with E-state index < -0.39 is 0 Å². The van der Waals surface area contributed by atoms with Crippen LogP contribution in [0.25, 0.3) is 0 Å². The molecule has 0 N–H and O–H groups in total. The molecule has 7 heteroatoms. The predicted molar refractivity (Wildman–Crippen MR) is 117 cm³/mol. The molecule has 5 nitrogen and oxygen atoms in total.